The Balaban J connectivity index is 2.10. The molecule has 1 N–H and O–H groups in total. The van der Waals surface area contributed by atoms with E-state index in [1.54, 1.807) is 7.11 Å². The highest BCUT2D eigenvalue weighted by molar-refractivity contribution is 6.30. The standard InChI is InChI=1S/C15H16ClNO/c1-11(12-6-8-13(16)9-7-12)17-14-4-3-5-15(10-14)18-2/h3-11,17H,1-2H3. The van der Waals surface area contributed by atoms with Crippen molar-refractivity contribution < 1.29 is 4.74 Å². The first kappa shape index (κ1) is 12.8. The smallest absolute Gasteiger partial charge is 0.120 e. The number of nitrogens with one attached hydrogen (secondary N) is 1. The minimum absolute atomic E-state index is 0.217. The van der Waals surface area contributed by atoms with E-state index in [9.17, 15) is 0 Å². The van der Waals surface area contributed by atoms with Gasteiger partial charge in [0.25, 0.3) is 0 Å². The van der Waals surface area contributed by atoms with E-state index >= 15 is 0 Å². The Morgan fingerprint density at radius 1 is 1.11 bits per heavy atom. The van der Waals surface area contributed by atoms with Crippen LogP contribution in [0.25, 0.3) is 0 Å². The number of benzene rings is 2. The summed E-state index contributed by atoms with van der Waals surface area (Å²) in [5.74, 6) is 0.850. The van der Waals surface area contributed by atoms with Gasteiger partial charge in [0.05, 0.1) is 7.11 Å². The molecule has 1 unspecified atom stereocenters. The van der Waals surface area contributed by atoms with Crippen LogP contribution in [0.4, 0.5) is 5.69 Å². The van der Waals surface area contributed by atoms with Crippen molar-refractivity contribution >= 4 is 17.3 Å². The molecule has 0 saturated heterocycles. The molecule has 0 aliphatic carbocycles. The van der Waals surface area contributed by atoms with Crippen LogP contribution in [0.1, 0.15) is 18.5 Å². The molecule has 18 heavy (non-hydrogen) atoms. The largest absolute Gasteiger partial charge is 0.497 e. The molecule has 0 aliphatic rings. The van der Waals surface area contributed by atoms with Crippen LogP contribution in [0.3, 0.4) is 0 Å². The summed E-state index contributed by atoms with van der Waals surface area (Å²) in [7, 11) is 1.67. The number of halogens is 1. The highest BCUT2D eigenvalue weighted by Gasteiger charge is 2.05. The number of rotatable bonds is 4. The Morgan fingerprint density at radius 2 is 1.83 bits per heavy atom. The number of hydrogen-bond acceptors (Lipinski definition) is 2. The molecule has 2 nitrogen and oxygen atoms in total. The van der Waals surface area contributed by atoms with E-state index < -0.39 is 0 Å². The number of methoxy groups -OCH3 is 1. The Hall–Kier alpha value is -1.67. The third-order valence-electron chi connectivity index (χ3n) is 2.82. The van der Waals surface area contributed by atoms with Crippen molar-refractivity contribution in [1.29, 1.82) is 0 Å². The van der Waals surface area contributed by atoms with Gasteiger partial charge in [0.2, 0.25) is 0 Å². The van der Waals surface area contributed by atoms with Crippen molar-refractivity contribution in [3.8, 4) is 5.75 Å². The Bertz CT molecular complexity index is 510. The van der Waals surface area contributed by atoms with Crippen molar-refractivity contribution in [1.82, 2.24) is 0 Å². The second-order valence-corrected chi connectivity index (χ2v) is 4.59. The molecule has 0 aromatic heterocycles. The summed E-state index contributed by atoms with van der Waals surface area (Å²) < 4.78 is 5.20. The molecule has 0 fully saturated rings. The van der Waals surface area contributed by atoms with Crippen molar-refractivity contribution in [3.63, 3.8) is 0 Å². The third kappa shape index (κ3) is 3.17. The molecule has 0 heterocycles. The van der Waals surface area contributed by atoms with Crippen LogP contribution in [0, 0.1) is 0 Å². The molecule has 2 aromatic carbocycles. The predicted molar refractivity (Wildman–Crippen MR) is 76.5 cm³/mol. The monoisotopic (exact) mass is 261 g/mol. The zero-order chi connectivity index (χ0) is 13.0. The maximum Gasteiger partial charge on any atom is 0.120 e. The SMILES string of the molecule is COc1cccc(NC(C)c2ccc(Cl)cc2)c1. The van der Waals surface area contributed by atoms with E-state index in [1.165, 1.54) is 5.56 Å². The second kappa shape index (κ2) is 5.78. The molecular formula is C15H16ClNO. The molecule has 0 aliphatic heterocycles. The van der Waals surface area contributed by atoms with E-state index in [1.807, 2.05) is 48.5 Å². The van der Waals surface area contributed by atoms with Crippen molar-refractivity contribution in [2.24, 2.45) is 0 Å². The van der Waals surface area contributed by atoms with E-state index in [4.69, 9.17) is 16.3 Å². The number of ether oxygens (including phenoxy) is 1. The fourth-order valence-corrected chi connectivity index (χ4v) is 1.92. The highest BCUT2D eigenvalue weighted by Crippen LogP contribution is 2.23. The Kier molecular flexibility index (Phi) is 4.11. The van der Waals surface area contributed by atoms with Gasteiger partial charge in [-0.3, -0.25) is 0 Å². The highest BCUT2D eigenvalue weighted by atomic mass is 35.5. The Morgan fingerprint density at radius 3 is 2.50 bits per heavy atom. The summed E-state index contributed by atoms with van der Waals surface area (Å²) in [4.78, 5) is 0. The maximum atomic E-state index is 5.88. The molecule has 0 radical (unpaired) electrons. The lowest BCUT2D eigenvalue weighted by molar-refractivity contribution is 0.415. The zero-order valence-corrected chi connectivity index (χ0v) is 11.2. The quantitative estimate of drug-likeness (QED) is 0.874. The van der Waals surface area contributed by atoms with Gasteiger partial charge in [-0.15, -0.1) is 0 Å². The van der Waals surface area contributed by atoms with Crippen LogP contribution >= 0.6 is 11.6 Å². The molecule has 1 atom stereocenters. The van der Waals surface area contributed by atoms with Gasteiger partial charge in [0, 0.05) is 22.8 Å². The van der Waals surface area contributed by atoms with Crippen LogP contribution in [-0.4, -0.2) is 7.11 Å². The summed E-state index contributed by atoms with van der Waals surface area (Å²) in [6.45, 7) is 2.11. The lowest BCUT2D eigenvalue weighted by atomic mass is 10.1. The van der Waals surface area contributed by atoms with Crippen LogP contribution in [0.5, 0.6) is 5.75 Å². The third-order valence-corrected chi connectivity index (χ3v) is 3.07. The average molecular weight is 262 g/mol. The average Bonchev–Trinajstić information content (AvgIpc) is 2.39. The lowest BCUT2D eigenvalue weighted by Crippen LogP contribution is -2.06. The van der Waals surface area contributed by atoms with E-state index in [0.29, 0.717) is 0 Å². The first-order valence-corrected chi connectivity index (χ1v) is 6.23. The molecule has 2 aromatic rings. The minimum atomic E-state index is 0.217. The van der Waals surface area contributed by atoms with Gasteiger partial charge < -0.3 is 10.1 Å². The summed E-state index contributed by atoms with van der Waals surface area (Å²) in [6.07, 6.45) is 0. The maximum absolute atomic E-state index is 5.88. The van der Waals surface area contributed by atoms with Gasteiger partial charge >= 0.3 is 0 Å². The van der Waals surface area contributed by atoms with Gasteiger partial charge in [-0.1, -0.05) is 29.8 Å². The van der Waals surface area contributed by atoms with Crippen LogP contribution in [0.15, 0.2) is 48.5 Å². The Labute approximate surface area is 113 Å². The first-order valence-electron chi connectivity index (χ1n) is 5.85. The van der Waals surface area contributed by atoms with Gasteiger partial charge in [0.1, 0.15) is 5.75 Å². The van der Waals surface area contributed by atoms with Crippen molar-refractivity contribution in [2.75, 3.05) is 12.4 Å². The van der Waals surface area contributed by atoms with Crippen LogP contribution in [-0.2, 0) is 0 Å². The molecule has 0 spiro atoms. The van der Waals surface area contributed by atoms with E-state index in [2.05, 4.69) is 12.2 Å². The van der Waals surface area contributed by atoms with Crippen molar-refractivity contribution in [3.05, 3.63) is 59.1 Å². The van der Waals surface area contributed by atoms with Gasteiger partial charge in [-0.05, 0) is 36.8 Å². The fourth-order valence-electron chi connectivity index (χ4n) is 1.80. The fraction of sp³-hybridized carbons (Fsp3) is 0.200. The molecule has 0 bridgehead atoms. The van der Waals surface area contributed by atoms with E-state index in [0.717, 1.165) is 16.5 Å². The number of hydrogen-bond donors (Lipinski definition) is 1. The van der Waals surface area contributed by atoms with Gasteiger partial charge in [-0.2, -0.15) is 0 Å². The molecule has 94 valence electrons. The molecular weight excluding hydrogens is 246 g/mol. The van der Waals surface area contributed by atoms with Crippen LogP contribution in [0.2, 0.25) is 5.02 Å². The minimum Gasteiger partial charge on any atom is -0.497 e. The van der Waals surface area contributed by atoms with Crippen molar-refractivity contribution in [2.45, 2.75) is 13.0 Å². The second-order valence-electron chi connectivity index (χ2n) is 4.15. The zero-order valence-electron chi connectivity index (χ0n) is 10.5. The van der Waals surface area contributed by atoms with E-state index in [-0.39, 0.29) is 6.04 Å². The topological polar surface area (TPSA) is 21.3 Å². The number of anilines is 1. The van der Waals surface area contributed by atoms with Crippen LogP contribution < -0.4 is 10.1 Å². The molecule has 0 saturated carbocycles. The molecule has 3 heteroatoms. The first-order chi connectivity index (χ1) is 8.69. The van der Waals surface area contributed by atoms with Gasteiger partial charge in [-0.25, -0.2) is 0 Å². The summed E-state index contributed by atoms with van der Waals surface area (Å²) in [6, 6.07) is 16.0. The molecule has 0 amide bonds. The normalized spacial score (nSPS) is 11.9. The summed E-state index contributed by atoms with van der Waals surface area (Å²) in [5.41, 5.74) is 2.24. The molecule has 2 rings (SSSR count). The van der Waals surface area contributed by atoms with Gasteiger partial charge in [0.15, 0.2) is 0 Å². The summed E-state index contributed by atoms with van der Waals surface area (Å²) in [5, 5.41) is 4.19. The predicted octanol–water partition coefficient (Wildman–Crippen LogP) is 4.52. The summed E-state index contributed by atoms with van der Waals surface area (Å²) >= 11 is 5.88. The lowest BCUT2D eigenvalue weighted by Gasteiger charge is -2.16.